The standard InChI is InChI=1S/C19H23N/c1-15-12-13-18(14-16-8-4-2-5-9-16)19(20-15)17-10-6-3-7-11-17/h2-11,15,18-20H,12-14H2,1H3/t15-,18-,19+/m1/s1. The molecule has 2 aromatic carbocycles. The fraction of sp³-hybridized carbons (Fsp3) is 0.368. The van der Waals surface area contributed by atoms with Crippen LogP contribution in [-0.2, 0) is 6.42 Å². The Kier molecular flexibility index (Phi) is 4.17. The number of rotatable bonds is 3. The van der Waals surface area contributed by atoms with E-state index in [1.807, 2.05) is 0 Å². The lowest BCUT2D eigenvalue weighted by atomic mass is 9.80. The molecule has 0 radical (unpaired) electrons. The van der Waals surface area contributed by atoms with Crippen LogP contribution in [0.15, 0.2) is 60.7 Å². The summed E-state index contributed by atoms with van der Waals surface area (Å²) in [6.45, 7) is 2.30. The molecule has 1 heteroatoms. The van der Waals surface area contributed by atoms with Gasteiger partial charge in [-0.2, -0.15) is 0 Å². The second kappa shape index (κ2) is 6.23. The van der Waals surface area contributed by atoms with Crippen molar-refractivity contribution in [2.45, 2.75) is 38.3 Å². The minimum Gasteiger partial charge on any atom is -0.307 e. The summed E-state index contributed by atoms with van der Waals surface area (Å²) in [6.07, 6.45) is 3.75. The van der Waals surface area contributed by atoms with Gasteiger partial charge < -0.3 is 5.32 Å². The summed E-state index contributed by atoms with van der Waals surface area (Å²) in [5.41, 5.74) is 2.88. The van der Waals surface area contributed by atoms with E-state index in [9.17, 15) is 0 Å². The molecule has 0 amide bonds. The summed E-state index contributed by atoms with van der Waals surface area (Å²) < 4.78 is 0. The highest BCUT2D eigenvalue weighted by Gasteiger charge is 2.29. The van der Waals surface area contributed by atoms with Crippen LogP contribution in [0.3, 0.4) is 0 Å². The third kappa shape index (κ3) is 3.10. The highest BCUT2D eigenvalue weighted by Crippen LogP contribution is 2.33. The topological polar surface area (TPSA) is 12.0 Å². The number of benzene rings is 2. The molecular weight excluding hydrogens is 242 g/mol. The quantitative estimate of drug-likeness (QED) is 0.869. The highest BCUT2D eigenvalue weighted by molar-refractivity contribution is 5.23. The van der Waals surface area contributed by atoms with Crippen LogP contribution in [0.4, 0.5) is 0 Å². The molecule has 1 fully saturated rings. The molecule has 1 aliphatic heterocycles. The maximum Gasteiger partial charge on any atom is 0.0354 e. The van der Waals surface area contributed by atoms with Gasteiger partial charge in [-0.3, -0.25) is 0 Å². The predicted molar refractivity (Wildman–Crippen MR) is 84.7 cm³/mol. The minimum absolute atomic E-state index is 0.486. The van der Waals surface area contributed by atoms with E-state index in [1.165, 1.54) is 30.4 Å². The number of piperidine rings is 1. The Morgan fingerprint density at radius 2 is 1.55 bits per heavy atom. The Bertz CT molecular complexity index is 520. The van der Waals surface area contributed by atoms with E-state index in [4.69, 9.17) is 0 Å². The van der Waals surface area contributed by atoms with E-state index in [1.54, 1.807) is 0 Å². The van der Waals surface area contributed by atoms with Crippen LogP contribution in [0.5, 0.6) is 0 Å². The first kappa shape index (κ1) is 13.4. The highest BCUT2D eigenvalue weighted by atomic mass is 15.0. The second-order valence-corrected chi connectivity index (χ2v) is 5.98. The van der Waals surface area contributed by atoms with E-state index in [-0.39, 0.29) is 0 Å². The van der Waals surface area contributed by atoms with E-state index < -0.39 is 0 Å². The monoisotopic (exact) mass is 265 g/mol. The fourth-order valence-electron chi connectivity index (χ4n) is 3.32. The lowest BCUT2D eigenvalue weighted by Gasteiger charge is -2.37. The maximum absolute atomic E-state index is 3.80. The van der Waals surface area contributed by atoms with E-state index >= 15 is 0 Å². The minimum atomic E-state index is 0.486. The lowest BCUT2D eigenvalue weighted by molar-refractivity contribution is 0.239. The SMILES string of the molecule is C[C@@H]1CC[C@H](Cc2ccccc2)[C@H](c2ccccc2)N1. The van der Waals surface area contributed by atoms with Crippen LogP contribution in [-0.4, -0.2) is 6.04 Å². The van der Waals surface area contributed by atoms with E-state index in [2.05, 4.69) is 72.9 Å². The van der Waals surface area contributed by atoms with Crippen LogP contribution < -0.4 is 5.32 Å². The average molecular weight is 265 g/mol. The van der Waals surface area contributed by atoms with Gasteiger partial charge in [-0.1, -0.05) is 60.7 Å². The van der Waals surface area contributed by atoms with Crippen molar-refractivity contribution in [2.24, 2.45) is 5.92 Å². The van der Waals surface area contributed by atoms with Crippen molar-refractivity contribution in [2.75, 3.05) is 0 Å². The van der Waals surface area contributed by atoms with Crippen molar-refractivity contribution in [3.8, 4) is 0 Å². The second-order valence-electron chi connectivity index (χ2n) is 5.98. The smallest absolute Gasteiger partial charge is 0.0354 e. The van der Waals surface area contributed by atoms with Gasteiger partial charge >= 0.3 is 0 Å². The van der Waals surface area contributed by atoms with E-state index in [0.29, 0.717) is 18.0 Å². The molecule has 1 aliphatic rings. The van der Waals surface area contributed by atoms with Gasteiger partial charge in [0.25, 0.3) is 0 Å². The van der Waals surface area contributed by atoms with Crippen LogP contribution >= 0.6 is 0 Å². The third-order valence-electron chi connectivity index (χ3n) is 4.41. The Hall–Kier alpha value is -1.60. The van der Waals surface area contributed by atoms with Crippen LogP contribution in [0.25, 0.3) is 0 Å². The summed E-state index contributed by atoms with van der Waals surface area (Å²) in [4.78, 5) is 0. The first-order valence-corrected chi connectivity index (χ1v) is 7.68. The van der Waals surface area contributed by atoms with E-state index in [0.717, 1.165) is 0 Å². The molecule has 1 saturated heterocycles. The van der Waals surface area contributed by atoms with Gasteiger partial charge in [0, 0.05) is 12.1 Å². The van der Waals surface area contributed by atoms with Gasteiger partial charge in [0.2, 0.25) is 0 Å². The van der Waals surface area contributed by atoms with Crippen LogP contribution in [0, 0.1) is 5.92 Å². The summed E-state index contributed by atoms with van der Waals surface area (Å²) in [5, 5.41) is 3.80. The van der Waals surface area contributed by atoms with Gasteiger partial charge in [-0.05, 0) is 43.2 Å². The largest absolute Gasteiger partial charge is 0.307 e. The van der Waals surface area contributed by atoms with Crippen LogP contribution in [0.2, 0.25) is 0 Å². The molecule has 1 N–H and O–H groups in total. The zero-order chi connectivity index (χ0) is 13.8. The molecule has 0 unspecified atom stereocenters. The van der Waals surface area contributed by atoms with Gasteiger partial charge in [0.1, 0.15) is 0 Å². The van der Waals surface area contributed by atoms with Crippen molar-refractivity contribution >= 4 is 0 Å². The Morgan fingerprint density at radius 1 is 0.900 bits per heavy atom. The number of hydrogen-bond donors (Lipinski definition) is 1. The molecule has 0 bridgehead atoms. The van der Waals surface area contributed by atoms with Crippen molar-refractivity contribution < 1.29 is 0 Å². The zero-order valence-corrected chi connectivity index (χ0v) is 12.1. The number of nitrogens with one attached hydrogen (secondary N) is 1. The molecule has 0 saturated carbocycles. The summed E-state index contributed by atoms with van der Waals surface area (Å²) in [7, 11) is 0. The Labute approximate surface area is 122 Å². The Morgan fingerprint density at radius 3 is 2.25 bits per heavy atom. The summed E-state index contributed by atoms with van der Waals surface area (Å²) >= 11 is 0. The molecule has 1 heterocycles. The third-order valence-corrected chi connectivity index (χ3v) is 4.41. The fourth-order valence-corrected chi connectivity index (χ4v) is 3.32. The Balaban J connectivity index is 1.80. The van der Waals surface area contributed by atoms with Crippen molar-refractivity contribution in [1.82, 2.24) is 5.32 Å². The molecular formula is C19H23N. The van der Waals surface area contributed by atoms with Crippen molar-refractivity contribution in [3.05, 3.63) is 71.8 Å². The normalized spacial score (nSPS) is 26.4. The van der Waals surface area contributed by atoms with Gasteiger partial charge in [-0.25, -0.2) is 0 Å². The average Bonchev–Trinajstić information content (AvgIpc) is 2.51. The molecule has 0 spiro atoms. The summed E-state index contributed by atoms with van der Waals surface area (Å²) in [6, 6.07) is 22.9. The molecule has 0 aliphatic carbocycles. The molecule has 1 nitrogen and oxygen atoms in total. The van der Waals surface area contributed by atoms with Crippen molar-refractivity contribution in [3.63, 3.8) is 0 Å². The lowest BCUT2D eigenvalue weighted by Crippen LogP contribution is -2.40. The molecule has 0 aromatic heterocycles. The van der Waals surface area contributed by atoms with Gasteiger partial charge in [0.15, 0.2) is 0 Å². The molecule has 20 heavy (non-hydrogen) atoms. The zero-order valence-electron chi connectivity index (χ0n) is 12.1. The molecule has 104 valence electrons. The van der Waals surface area contributed by atoms with Crippen molar-refractivity contribution in [1.29, 1.82) is 0 Å². The molecule has 2 aromatic rings. The summed E-state index contributed by atoms with van der Waals surface area (Å²) in [5.74, 6) is 0.691. The molecule has 3 atom stereocenters. The first-order valence-electron chi connectivity index (χ1n) is 7.68. The van der Waals surface area contributed by atoms with Gasteiger partial charge in [-0.15, -0.1) is 0 Å². The predicted octanol–water partition coefficient (Wildman–Crippen LogP) is 4.36. The van der Waals surface area contributed by atoms with Gasteiger partial charge in [0.05, 0.1) is 0 Å². The molecule has 3 rings (SSSR count). The van der Waals surface area contributed by atoms with Crippen LogP contribution in [0.1, 0.15) is 36.9 Å². The number of hydrogen-bond acceptors (Lipinski definition) is 1. The maximum atomic E-state index is 3.80. The first-order chi connectivity index (χ1) is 9.83.